The van der Waals surface area contributed by atoms with E-state index in [1.54, 1.807) is 11.8 Å². The fraction of sp³-hybridized carbons (Fsp3) is 0.750. The Kier molecular flexibility index (Phi) is 7.32. The molecule has 0 aliphatic heterocycles. The molecule has 0 aromatic carbocycles. The Morgan fingerprint density at radius 2 is 1.63 bits per heavy atom. The Balaban J connectivity index is 2.89. The Labute approximate surface area is 119 Å². The molecule has 0 atom stereocenters. The predicted molar refractivity (Wildman–Crippen MR) is 84.4 cm³/mol. The van der Waals surface area contributed by atoms with Gasteiger partial charge in [0.05, 0.1) is 0 Å². The third kappa shape index (κ3) is 5.10. The minimum atomic E-state index is 0.631. The lowest BCUT2D eigenvalue weighted by molar-refractivity contribution is 0.812. The molecule has 1 aromatic heterocycles. The summed E-state index contributed by atoms with van der Waals surface area (Å²) in [6, 6.07) is 0. The molecule has 19 heavy (non-hydrogen) atoms. The van der Waals surface area contributed by atoms with Crippen LogP contribution in [-0.4, -0.2) is 53.1 Å². The number of anilines is 3. The SMILES string of the molecule is CCNc1nc(NCCSC)nc(N(CC)CC)n1. The van der Waals surface area contributed by atoms with Gasteiger partial charge in [-0.1, -0.05) is 0 Å². The third-order valence-electron chi connectivity index (χ3n) is 2.59. The quantitative estimate of drug-likeness (QED) is 0.672. The van der Waals surface area contributed by atoms with Crippen molar-refractivity contribution < 1.29 is 0 Å². The summed E-state index contributed by atoms with van der Waals surface area (Å²) in [4.78, 5) is 15.4. The molecule has 0 amide bonds. The number of thioether (sulfide) groups is 1. The molecular formula is C12H24N6S. The summed E-state index contributed by atoms with van der Waals surface area (Å²) in [6.07, 6.45) is 2.08. The highest BCUT2D eigenvalue weighted by molar-refractivity contribution is 7.98. The summed E-state index contributed by atoms with van der Waals surface area (Å²) in [5, 5.41) is 6.39. The molecule has 2 N–H and O–H groups in total. The van der Waals surface area contributed by atoms with Crippen molar-refractivity contribution >= 4 is 29.6 Å². The molecule has 1 aromatic rings. The van der Waals surface area contributed by atoms with Crippen LogP contribution in [0.3, 0.4) is 0 Å². The summed E-state index contributed by atoms with van der Waals surface area (Å²) < 4.78 is 0. The second-order valence-corrected chi connectivity index (χ2v) is 4.89. The van der Waals surface area contributed by atoms with Gasteiger partial charge in [0.1, 0.15) is 0 Å². The summed E-state index contributed by atoms with van der Waals surface area (Å²) in [5.74, 6) is 3.03. The first-order valence-electron chi connectivity index (χ1n) is 6.72. The van der Waals surface area contributed by atoms with Crippen LogP contribution in [0.1, 0.15) is 20.8 Å². The minimum Gasteiger partial charge on any atom is -0.354 e. The molecular weight excluding hydrogens is 260 g/mol. The first-order chi connectivity index (χ1) is 9.24. The Bertz CT molecular complexity index is 369. The van der Waals surface area contributed by atoms with Gasteiger partial charge in [-0.05, 0) is 27.0 Å². The van der Waals surface area contributed by atoms with Crippen molar-refractivity contribution in [3.05, 3.63) is 0 Å². The molecule has 0 fully saturated rings. The van der Waals surface area contributed by atoms with E-state index in [9.17, 15) is 0 Å². The maximum Gasteiger partial charge on any atom is 0.231 e. The number of nitrogens with one attached hydrogen (secondary N) is 2. The predicted octanol–water partition coefficient (Wildman–Crippen LogP) is 1.92. The van der Waals surface area contributed by atoms with Gasteiger partial charge in [-0.2, -0.15) is 26.7 Å². The van der Waals surface area contributed by atoms with Crippen molar-refractivity contribution in [3.8, 4) is 0 Å². The van der Waals surface area contributed by atoms with Crippen molar-refractivity contribution in [3.63, 3.8) is 0 Å². The summed E-state index contributed by atoms with van der Waals surface area (Å²) >= 11 is 1.80. The van der Waals surface area contributed by atoms with E-state index in [1.165, 1.54) is 0 Å². The minimum absolute atomic E-state index is 0.631. The zero-order valence-electron chi connectivity index (χ0n) is 12.2. The molecule has 1 heterocycles. The van der Waals surface area contributed by atoms with E-state index in [0.717, 1.165) is 37.9 Å². The van der Waals surface area contributed by atoms with Gasteiger partial charge in [-0.3, -0.25) is 0 Å². The standard InChI is InChI=1S/C12H24N6S/c1-5-13-10-15-11(14-8-9-19-4)17-12(16-10)18(6-2)7-3/h5-9H2,1-4H3,(H2,13,14,15,16,17). The lowest BCUT2D eigenvalue weighted by Crippen LogP contribution is -2.25. The van der Waals surface area contributed by atoms with E-state index in [2.05, 4.69) is 50.6 Å². The smallest absolute Gasteiger partial charge is 0.231 e. The maximum atomic E-state index is 4.47. The second kappa shape index (κ2) is 8.79. The van der Waals surface area contributed by atoms with Gasteiger partial charge in [0.2, 0.25) is 17.8 Å². The molecule has 7 heteroatoms. The van der Waals surface area contributed by atoms with E-state index in [4.69, 9.17) is 0 Å². The van der Waals surface area contributed by atoms with Gasteiger partial charge in [-0.15, -0.1) is 0 Å². The van der Waals surface area contributed by atoms with Crippen molar-refractivity contribution in [1.82, 2.24) is 15.0 Å². The van der Waals surface area contributed by atoms with Crippen LogP contribution in [0.25, 0.3) is 0 Å². The molecule has 1 rings (SSSR count). The topological polar surface area (TPSA) is 66.0 Å². The van der Waals surface area contributed by atoms with Crippen LogP contribution >= 0.6 is 11.8 Å². The zero-order chi connectivity index (χ0) is 14.1. The molecule has 0 radical (unpaired) electrons. The van der Waals surface area contributed by atoms with E-state index in [-0.39, 0.29) is 0 Å². The summed E-state index contributed by atoms with van der Waals surface area (Å²) in [7, 11) is 0. The highest BCUT2D eigenvalue weighted by Gasteiger charge is 2.10. The van der Waals surface area contributed by atoms with Gasteiger partial charge >= 0.3 is 0 Å². The largest absolute Gasteiger partial charge is 0.354 e. The van der Waals surface area contributed by atoms with Crippen LogP contribution in [0, 0.1) is 0 Å². The van der Waals surface area contributed by atoms with Crippen LogP contribution < -0.4 is 15.5 Å². The molecule has 6 nitrogen and oxygen atoms in total. The molecule has 0 aliphatic rings. The fourth-order valence-corrected chi connectivity index (χ4v) is 1.90. The van der Waals surface area contributed by atoms with Gasteiger partial charge < -0.3 is 15.5 Å². The van der Waals surface area contributed by atoms with Crippen molar-refractivity contribution in [1.29, 1.82) is 0 Å². The van der Waals surface area contributed by atoms with Crippen molar-refractivity contribution in [2.45, 2.75) is 20.8 Å². The van der Waals surface area contributed by atoms with Crippen LogP contribution in [0.5, 0.6) is 0 Å². The van der Waals surface area contributed by atoms with Gasteiger partial charge in [-0.25, -0.2) is 0 Å². The zero-order valence-corrected chi connectivity index (χ0v) is 13.0. The van der Waals surface area contributed by atoms with Crippen LogP contribution in [-0.2, 0) is 0 Å². The van der Waals surface area contributed by atoms with Crippen LogP contribution in [0.2, 0.25) is 0 Å². The number of hydrogen-bond donors (Lipinski definition) is 2. The molecule has 0 spiro atoms. The lowest BCUT2D eigenvalue weighted by atomic mass is 10.5. The van der Waals surface area contributed by atoms with E-state index < -0.39 is 0 Å². The number of nitrogens with zero attached hydrogens (tertiary/aromatic N) is 4. The second-order valence-electron chi connectivity index (χ2n) is 3.90. The van der Waals surface area contributed by atoms with Gasteiger partial charge in [0.25, 0.3) is 0 Å². The van der Waals surface area contributed by atoms with Crippen molar-refractivity contribution in [2.24, 2.45) is 0 Å². The van der Waals surface area contributed by atoms with E-state index in [0.29, 0.717) is 11.9 Å². The Morgan fingerprint density at radius 1 is 1.00 bits per heavy atom. The highest BCUT2D eigenvalue weighted by Crippen LogP contribution is 2.13. The lowest BCUT2D eigenvalue weighted by Gasteiger charge is -2.19. The normalized spacial score (nSPS) is 10.3. The van der Waals surface area contributed by atoms with Crippen LogP contribution in [0.15, 0.2) is 0 Å². The molecule has 0 bridgehead atoms. The average Bonchev–Trinajstić information content (AvgIpc) is 2.41. The first-order valence-corrected chi connectivity index (χ1v) is 8.12. The summed E-state index contributed by atoms with van der Waals surface area (Å²) in [5.41, 5.74) is 0. The maximum absolute atomic E-state index is 4.47. The summed E-state index contributed by atoms with van der Waals surface area (Å²) in [6.45, 7) is 9.65. The Morgan fingerprint density at radius 3 is 2.16 bits per heavy atom. The first kappa shape index (κ1) is 15.8. The number of hydrogen-bond acceptors (Lipinski definition) is 7. The van der Waals surface area contributed by atoms with E-state index >= 15 is 0 Å². The molecule has 0 saturated heterocycles. The monoisotopic (exact) mass is 284 g/mol. The van der Waals surface area contributed by atoms with Crippen molar-refractivity contribution in [2.75, 3.05) is 53.7 Å². The average molecular weight is 284 g/mol. The highest BCUT2D eigenvalue weighted by atomic mass is 32.2. The number of aromatic nitrogens is 3. The number of rotatable bonds is 9. The molecule has 0 aliphatic carbocycles. The van der Waals surface area contributed by atoms with E-state index in [1.807, 2.05) is 6.92 Å². The molecule has 108 valence electrons. The van der Waals surface area contributed by atoms with Crippen LogP contribution in [0.4, 0.5) is 17.8 Å². The third-order valence-corrected chi connectivity index (χ3v) is 3.21. The van der Waals surface area contributed by atoms with Gasteiger partial charge in [0.15, 0.2) is 0 Å². The Hall–Kier alpha value is -1.24. The van der Waals surface area contributed by atoms with Gasteiger partial charge in [0, 0.05) is 31.9 Å². The molecule has 0 unspecified atom stereocenters. The fourth-order valence-electron chi connectivity index (χ4n) is 1.59. The molecule has 0 saturated carbocycles.